The van der Waals surface area contributed by atoms with E-state index < -0.39 is 10.0 Å². The molecule has 5 heteroatoms. The number of benzene rings is 1. The highest BCUT2D eigenvalue weighted by atomic mass is 32.2. The molecule has 0 bridgehead atoms. The summed E-state index contributed by atoms with van der Waals surface area (Å²) in [5.74, 6) is 0. The molecule has 0 heterocycles. The molecule has 1 aromatic rings. The molecule has 1 aliphatic carbocycles. The molecule has 0 amide bonds. The van der Waals surface area contributed by atoms with Gasteiger partial charge in [-0.1, -0.05) is 25.0 Å². The topological polar surface area (TPSA) is 72.2 Å². The van der Waals surface area contributed by atoms with Crippen LogP contribution in [0.25, 0.3) is 0 Å². The van der Waals surface area contributed by atoms with Gasteiger partial charge in [0.05, 0.1) is 4.90 Å². The van der Waals surface area contributed by atoms with Crippen LogP contribution in [0.4, 0.5) is 0 Å². The Morgan fingerprint density at radius 2 is 2.00 bits per heavy atom. The molecular weight excluding hydrogens is 248 g/mol. The number of sulfonamides is 1. The average molecular weight is 268 g/mol. The zero-order valence-electron chi connectivity index (χ0n) is 10.6. The zero-order chi connectivity index (χ0) is 13.2. The van der Waals surface area contributed by atoms with Gasteiger partial charge in [0.1, 0.15) is 0 Å². The summed E-state index contributed by atoms with van der Waals surface area (Å²) in [6, 6.07) is 5.36. The molecule has 0 unspecified atom stereocenters. The first-order chi connectivity index (χ1) is 8.53. The van der Waals surface area contributed by atoms with Crippen LogP contribution in [-0.2, 0) is 16.6 Å². The van der Waals surface area contributed by atoms with E-state index in [4.69, 9.17) is 5.73 Å². The van der Waals surface area contributed by atoms with E-state index in [-0.39, 0.29) is 6.04 Å². The average Bonchev–Trinajstić information content (AvgIpc) is 2.80. The molecule has 0 spiro atoms. The smallest absolute Gasteiger partial charge is 0.241 e. The van der Waals surface area contributed by atoms with Crippen LogP contribution in [0.2, 0.25) is 0 Å². The number of nitrogens with two attached hydrogens (primary N) is 1. The lowest BCUT2D eigenvalue weighted by atomic mass is 10.1. The van der Waals surface area contributed by atoms with Gasteiger partial charge in [0.25, 0.3) is 0 Å². The van der Waals surface area contributed by atoms with Crippen molar-refractivity contribution in [2.24, 2.45) is 5.73 Å². The summed E-state index contributed by atoms with van der Waals surface area (Å²) in [6.07, 6.45) is 4.11. The van der Waals surface area contributed by atoms with Gasteiger partial charge in [-0.3, -0.25) is 0 Å². The third kappa shape index (κ3) is 2.91. The van der Waals surface area contributed by atoms with Crippen LogP contribution in [0.5, 0.6) is 0 Å². The van der Waals surface area contributed by atoms with Gasteiger partial charge < -0.3 is 5.73 Å². The number of hydrogen-bond donors (Lipinski definition) is 2. The van der Waals surface area contributed by atoms with Crippen LogP contribution in [0.3, 0.4) is 0 Å². The maximum Gasteiger partial charge on any atom is 0.241 e. The lowest BCUT2D eigenvalue weighted by Gasteiger charge is -2.14. The van der Waals surface area contributed by atoms with Gasteiger partial charge in [-0.05, 0) is 37.0 Å². The van der Waals surface area contributed by atoms with E-state index in [9.17, 15) is 8.42 Å². The van der Waals surface area contributed by atoms with Gasteiger partial charge in [-0.15, -0.1) is 0 Å². The minimum absolute atomic E-state index is 0.101. The second kappa shape index (κ2) is 5.38. The molecule has 1 aromatic carbocycles. The monoisotopic (exact) mass is 268 g/mol. The fraction of sp³-hybridized carbons (Fsp3) is 0.538. The van der Waals surface area contributed by atoms with Crippen molar-refractivity contribution >= 4 is 10.0 Å². The zero-order valence-corrected chi connectivity index (χ0v) is 11.5. The summed E-state index contributed by atoms with van der Waals surface area (Å²) < 4.78 is 27.3. The van der Waals surface area contributed by atoms with Crippen LogP contribution in [0.15, 0.2) is 23.1 Å². The van der Waals surface area contributed by atoms with Crippen molar-refractivity contribution in [3.63, 3.8) is 0 Å². The molecule has 3 N–H and O–H groups in total. The molecule has 0 aromatic heterocycles. The highest BCUT2D eigenvalue weighted by molar-refractivity contribution is 7.89. The highest BCUT2D eigenvalue weighted by Gasteiger charge is 2.23. The maximum atomic E-state index is 12.3. The summed E-state index contributed by atoms with van der Waals surface area (Å²) in [4.78, 5) is 0.367. The predicted molar refractivity (Wildman–Crippen MR) is 71.6 cm³/mol. The van der Waals surface area contributed by atoms with E-state index in [2.05, 4.69) is 4.72 Å². The molecule has 0 aliphatic heterocycles. The van der Waals surface area contributed by atoms with Crippen molar-refractivity contribution in [2.45, 2.75) is 50.1 Å². The van der Waals surface area contributed by atoms with Crippen LogP contribution >= 0.6 is 0 Å². The van der Waals surface area contributed by atoms with E-state index >= 15 is 0 Å². The fourth-order valence-corrected chi connectivity index (χ4v) is 4.00. The Morgan fingerprint density at radius 1 is 1.33 bits per heavy atom. The second-order valence-corrected chi connectivity index (χ2v) is 6.59. The van der Waals surface area contributed by atoms with E-state index in [1.807, 2.05) is 13.0 Å². The Morgan fingerprint density at radius 3 is 2.56 bits per heavy atom. The minimum atomic E-state index is -3.39. The molecule has 4 nitrogen and oxygen atoms in total. The van der Waals surface area contributed by atoms with E-state index in [1.54, 1.807) is 12.1 Å². The van der Waals surface area contributed by atoms with Gasteiger partial charge in [0.2, 0.25) is 10.0 Å². The van der Waals surface area contributed by atoms with Crippen LogP contribution < -0.4 is 10.5 Å². The standard InChI is InChI=1S/C13H20N2O2S/c1-10-8-11(9-14)6-7-13(10)18(16,17)15-12-4-2-3-5-12/h6-8,12,15H,2-5,9,14H2,1H3. The first-order valence-electron chi connectivity index (χ1n) is 6.35. The quantitative estimate of drug-likeness (QED) is 0.872. The third-order valence-electron chi connectivity index (χ3n) is 3.44. The van der Waals surface area contributed by atoms with E-state index in [0.717, 1.165) is 36.8 Å². The largest absolute Gasteiger partial charge is 0.326 e. The molecule has 0 radical (unpaired) electrons. The summed E-state index contributed by atoms with van der Waals surface area (Å²) >= 11 is 0. The lowest BCUT2D eigenvalue weighted by molar-refractivity contribution is 0.551. The molecule has 18 heavy (non-hydrogen) atoms. The number of aryl methyl sites for hydroxylation is 1. The summed E-state index contributed by atoms with van der Waals surface area (Å²) in [6.45, 7) is 2.24. The van der Waals surface area contributed by atoms with Crippen molar-refractivity contribution in [2.75, 3.05) is 0 Å². The summed E-state index contributed by atoms with van der Waals surface area (Å²) in [7, 11) is -3.39. The van der Waals surface area contributed by atoms with Crippen LogP contribution in [0, 0.1) is 6.92 Å². The van der Waals surface area contributed by atoms with Crippen LogP contribution in [-0.4, -0.2) is 14.5 Å². The molecular formula is C13H20N2O2S. The minimum Gasteiger partial charge on any atom is -0.326 e. The fourth-order valence-electron chi connectivity index (χ4n) is 2.47. The molecule has 0 saturated heterocycles. The predicted octanol–water partition coefficient (Wildman–Crippen LogP) is 1.67. The number of nitrogens with one attached hydrogen (secondary N) is 1. The highest BCUT2D eigenvalue weighted by Crippen LogP contribution is 2.22. The van der Waals surface area contributed by atoms with Gasteiger partial charge in [0, 0.05) is 12.6 Å². The Hall–Kier alpha value is -0.910. The Bertz CT molecular complexity index is 520. The van der Waals surface area contributed by atoms with Gasteiger partial charge >= 0.3 is 0 Å². The number of rotatable bonds is 4. The molecule has 1 aliphatic rings. The van der Waals surface area contributed by atoms with Crippen molar-refractivity contribution in [3.8, 4) is 0 Å². The van der Waals surface area contributed by atoms with E-state index in [1.165, 1.54) is 0 Å². The summed E-state index contributed by atoms with van der Waals surface area (Å²) in [5.41, 5.74) is 7.25. The van der Waals surface area contributed by atoms with Crippen molar-refractivity contribution in [1.82, 2.24) is 4.72 Å². The van der Waals surface area contributed by atoms with Gasteiger partial charge in [0.15, 0.2) is 0 Å². The first-order valence-corrected chi connectivity index (χ1v) is 7.83. The van der Waals surface area contributed by atoms with E-state index in [0.29, 0.717) is 11.4 Å². The third-order valence-corrected chi connectivity index (χ3v) is 5.12. The van der Waals surface area contributed by atoms with Gasteiger partial charge in [-0.2, -0.15) is 0 Å². The SMILES string of the molecule is Cc1cc(CN)ccc1S(=O)(=O)NC1CCCC1. The molecule has 1 saturated carbocycles. The van der Waals surface area contributed by atoms with Crippen molar-refractivity contribution in [3.05, 3.63) is 29.3 Å². The maximum absolute atomic E-state index is 12.3. The Labute approximate surface area is 109 Å². The normalized spacial score (nSPS) is 17.2. The molecule has 100 valence electrons. The molecule has 0 atom stereocenters. The second-order valence-electron chi connectivity index (χ2n) is 4.91. The first kappa shape index (κ1) is 13.5. The molecule has 2 rings (SSSR count). The van der Waals surface area contributed by atoms with Crippen molar-refractivity contribution in [1.29, 1.82) is 0 Å². The van der Waals surface area contributed by atoms with Crippen molar-refractivity contribution < 1.29 is 8.42 Å². The number of hydrogen-bond acceptors (Lipinski definition) is 3. The lowest BCUT2D eigenvalue weighted by Crippen LogP contribution is -2.33. The van der Waals surface area contributed by atoms with Crippen LogP contribution in [0.1, 0.15) is 36.8 Å². The van der Waals surface area contributed by atoms with Gasteiger partial charge in [-0.25, -0.2) is 13.1 Å². The Balaban J connectivity index is 2.23. The molecule has 1 fully saturated rings. The Kier molecular flexibility index (Phi) is 4.04. The summed E-state index contributed by atoms with van der Waals surface area (Å²) in [5, 5.41) is 0.